The molecule has 5 nitrogen and oxygen atoms in total. The Kier molecular flexibility index (Phi) is 6.84. The van der Waals surface area contributed by atoms with Crippen LogP contribution in [0.3, 0.4) is 0 Å². The third-order valence-electron chi connectivity index (χ3n) is 3.16. The smallest absolute Gasteiger partial charge is 0.269 e. The average molecular weight is 426 g/mol. The van der Waals surface area contributed by atoms with Crippen LogP contribution in [0.4, 0.5) is 0 Å². The van der Waals surface area contributed by atoms with E-state index in [9.17, 15) is 9.59 Å². The van der Waals surface area contributed by atoms with Gasteiger partial charge in [-0.05, 0) is 64.3 Å². The monoisotopic (exact) mass is 424 g/mol. The molecule has 0 unspecified atom stereocenters. The summed E-state index contributed by atoms with van der Waals surface area (Å²) < 4.78 is 6.31. The molecule has 2 aromatic carbocycles. The van der Waals surface area contributed by atoms with Gasteiger partial charge in [0, 0.05) is 16.1 Å². The first kappa shape index (κ1) is 19.3. The number of halogens is 2. The minimum atomic E-state index is -0.432. The van der Waals surface area contributed by atoms with Gasteiger partial charge in [0.1, 0.15) is 5.75 Å². The van der Waals surface area contributed by atoms with Crippen LogP contribution in [-0.4, -0.2) is 18.4 Å². The standard InChI is InChI=1S/C18H18BrClN2O3/c1-11(2)10-25-16-8-5-13(9-15(16)19)18(24)22-21-17(23)12-3-6-14(20)7-4-12/h3-9,11H,10H2,1-2H3,(H,21,23)(H,22,24). The number of hydrogen-bond donors (Lipinski definition) is 2. The predicted octanol–water partition coefficient (Wildman–Crippen LogP) is 4.21. The van der Waals surface area contributed by atoms with Gasteiger partial charge in [0.25, 0.3) is 11.8 Å². The molecule has 0 radical (unpaired) electrons. The molecule has 25 heavy (non-hydrogen) atoms. The highest BCUT2D eigenvalue weighted by atomic mass is 79.9. The van der Waals surface area contributed by atoms with Crippen molar-refractivity contribution in [2.24, 2.45) is 5.92 Å². The predicted molar refractivity (Wildman–Crippen MR) is 101 cm³/mol. The van der Waals surface area contributed by atoms with E-state index in [4.69, 9.17) is 16.3 Å². The van der Waals surface area contributed by atoms with E-state index in [2.05, 4.69) is 40.6 Å². The Morgan fingerprint density at radius 3 is 2.16 bits per heavy atom. The number of hydrazine groups is 1. The molecule has 0 aliphatic heterocycles. The van der Waals surface area contributed by atoms with Crippen molar-refractivity contribution in [3.8, 4) is 5.75 Å². The summed E-state index contributed by atoms with van der Waals surface area (Å²) in [4.78, 5) is 24.1. The molecule has 0 bridgehead atoms. The lowest BCUT2D eigenvalue weighted by Crippen LogP contribution is -2.41. The molecule has 0 saturated heterocycles. The molecule has 7 heteroatoms. The zero-order chi connectivity index (χ0) is 18.4. The highest BCUT2D eigenvalue weighted by Gasteiger charge is 2.11. The average Bonchev–Trinajstić information content (AvgIpc) is 2.58. The lowest BCUT2D eigenvalue weighted by Gasteiger charge is -2.12. The number of rotatable bonds is 5. The fourth-order valence-corrected chi connectivity index (χ4v) is 2.49. The quantitative estimate of drug-likeness (QED) is 0.705. The minimum Gasteiger partial charge on any atom is -0.492 e. The van der Waals surface area contributed by atoms with Gasteiger partial charge in [0.2, 0.25) is 0 Å². The molecule has 2 N–H and O–H groups in total. The van der Waals surface area contributed by atoms with Gasteiger partial charge in [-0.25, -0.2) is 0 Å². The highest BCUT2D eigenvalue weighted by Crippen LogP contribution is 2.26. The number of ether oxygens (including phenoxy) is 1. The largest absolute Gasteiger partial charge is 0.492 e. The lowest BCUT2D eigenvalue weighted by molar-refractivity contribution is 0.0846. The van der Waals surface area contributed by atoms with Gasteiger partial charge in [-0.1, -0.05) is 25.4 Å². The second kappa shape index (κ2) is 8.87. The number of carbonyl (C=O) groups is 2. The van der Waals surface area contributed by atoms with Gasteiger partial charge in [-0.2, -0.15) is 0 Å². The van der Waals surface area contributed by atoms with E-state index in [-0.39, 0.29) is 0 Å². The van der Waals surface area contributed by atoms with Gasteiger partial charge >= 0.3 is 0 Å². The summed E-state index contributed by atoms with van der Waals surface area (Å²) >= 11 is 9.16. The van der Waals surface area contributed by atoms with Crippen LogP contribution in [0.1, 0.15) is 34.6 Å². The molecule has 0 spiro atoms. The van der Waals surface area contributed by atoms with Crippen molar-refractivity contribution < 1.29 is 14.3 Å². The maximum atomic E-state index is 12.2. The van der Waals surface area contributed by atoms with Crippen molar-refractivity contribution >= 4 is 39.3 Å². The Balaban J connectivity index is 1.95. The van der Waals surface area contributed by atoms with Crippen LogP contribution in [0, 0.1) is 5.92 Å². The second-order valence-corrected chi connectivity index (χ2v) is 7.06. The first-order valence-electron chi connectivity index (χ1n) is 7.65. The van der Waals surface area contributed by atoms with Crippen molar-refractivity contribution in [2.45, 2.75) is 13.8 Å². The maximum absolute atomic E-state index is 12.2. The van der Waals surface area contributed by atoms with Crippen molar-refractivity contribution in [1.29, 1.82) is 0 Å². The fourth-order valence-electron chi connectivity index (χ4n) is 1.87. The molecule has 2 rings (SSSR count). The highest BCUT2D eigenvalue weighted by molar-refractivity contribution is 9.10. The normalized spacial score (nSPS) is 10.4. The van der Waals surface area contributed by atoms with Crippen LogP contribution in [0.15, 0.2) is 46.9 Å². The first-order valence-corrected chi connectivity index (χ1v) is 8.82. The Labute approximate surface area is 159 Å². The van der Waals surface area contributed by atoms with Crippen LogP contribution in [-0.2, 0) is 0 Å². The Bertz CT molecular complexity index is 763. The van der Waals surface area contributed by atoms with Gasteiger partial charge in [-0.15, -0.1) is 0 Å². The van der Waals surface area contributed by atoms with Crippen LogP contribution in [0.25, 0.3) is 0 Å². The summed E-state index contributed by atoms with van der Waals surface area (Å²) in [6.07, 6.45) is 0. The number of carbonyl (C=O) groups excluding carboxylic acids is 2. The first-order chi connectivity index (χ1) is 11.9. The fraction of sp³-hybridized carbons (Fsp3) is 0.222. The van der Waals surface area contributed by atoms with E-state index >= 15 is 0 Å². The molecular formula is C18H18BrClN2O3. The van der Waals surface area contributed by atoms with Crippen LogP contribution in [0.2, 0.25) is 5.02 Å². The molecule has 0 fully saturated rings. The Morgan fingerprint density at radius 1 is 1.04 bits per heavy atom. The maximum Gasteiger partial charge on any atom is 0.269 e. The molecule has 2 amide bonds. The minimum absolute atomic E-state index is 0.389. The Hall–Kier alpha value is -2.05. The van der Waals surface area contributed by atoms with E-state index in [1.165, 1.54) is 0 Å². The van der Waals surface area contributed by atoms with Gasteiger partial charge in [0.05, 0.1) is 11.1 Å². The van der Waals surface area contributed by atoms with E-state index in [1.807, 2.05) is 0 Å². The molecule has 0 saturated carbocycles. The number of hydrogen-bond acceptors (Lipinski definition) is 3. The SMILES string of the molecule is CC(C)COc1ccc(C(=O)NNC(=O)c2ccc(Cl)cc2)cc1Br. The second-order valence-electron chi connectivity index (χ2n) is 5.77. The molecule has 0 aliphatic rings. The summed E-state index contributed by atoms with van der Waals surface area (Å²) in [5, 5.41) is 0.533. The number of nitrogens with one attached hydrogen (secondary N) is 2. The third kappa shape index (κ3) is 5.76. The summed E-state index contributed by atoms with van der Waals surface area (Å²) in [5.41, 5.74) is 5.52. The number of amides is 2. The van der Waals surface area contributed by atoms with Crippen molar-refractivity contribution in [1.82, 2.24) is 10.9 Å². The topological polar surface area (TPSA) is 67.4 Å². The molecule has 0 heterocycles. The molecular weight excluding hydrogens is 408 g/mol. The van der Waals surface area contributed by atoms with E-state index < -0.39 is 11.8 Å². The van der Waals surface area contributed by atoms with E-state index in [0.29, 0.717) is 38.9 Å². The zero-order valence-electron chi connectivity index (χ0n) is 13.8. The third-order valence-corrected chi connectivity index (χ3v) is 4.03. The van der Waals surface area contributed by atoms with E-state index in [1.54, 1.807) is 42.5 Å². The van der Waals surface area contributed by atoms with Gasteiger partial charge in [0.15, 0.2) is 0 Å². The summed E-state index contributed by atoms with van der Waals surface area (Å²) in [6.45, 7) is 4.69. The van der Waals surface area contributed by atoms with Crippen molar-refractivity contribution in [3.63, 3.8) is 0 Å². The summed E-state index contributed by atoms with van der Waals surface area (Å²) in [5.74, 6) is 0.202. The number of benzene rings is 2. The van der Waals surface area contributed by atoms with Gasteiger partial charge in [-0.3, -0.25) is 20.4 Å². The van der Waals surface area contributed by atoms with Crippen LogP contribution >= 0.6 is 27.5 Å². The van der Waals surface area contributed by atoms with E-state index in [0.717, 1.165) is 0 Å². The summed E-state index contributed by atoms with van der Waals surface area (Å²) in [6, 6.07) is 11.3. The molecule has 0 atom stereocenters. The summed E-state index contributed by atoms with van der Waals surface area (Å²) in [7, 11) is 0. The van der Waals surface area contributed by atoms with Crippen molar-refractivity contribution in [2.75, 3.05) is 6.61 Å². The molecule has 2 aromatic rings. The van der Waals surface area contributed by atoms with Crippen molar-refractivity contribution in [3.05, 3.63) is 63.1 Å². The van der Waals surface area contributed by atoms with Crippen LogP contribution in [0.5, 0.6) is 5.75 Å². The zero-order valence-corrected chi connectivity index (χ0v) is 16.1. The molecule has 0 aliphatic carbocycles. The Morgan fingerprint density at radius 2 is 1.60 bits per heavy atom. The lowest BCUT2D eigenvalue weighted by atomic mass is 10.2. The molecule has 132 valence electrons. The van der Waals surface area contributed by atoms with Gasteiger partial charge < -0.3 is 4.74 Å². The van der Waals surface area contributed by atoms with Crippen LogP contribution < -0.4 is 15.6 Å². The molecule has 0 aromatic heterocycles.